The Hall–Kier alpha value is -2.14. The molecule has 1 aromatic heterocycles. The van der Waals surface area contributed by atoms with Crippen molar-refractivity contribution < 1.29 is 9.47 Å². The first kappa shape index (κ1) is 13.8. The molecule has 0 bridgehead atoms. The fraction of sp³-hybridized carbons (Fsp3) is 0.375. The number of nitrogens with one attached hydrogen (secondary N) is 1. The van der Waals surface area contributed by atoms with E-state index in [-0.39, 0.29) is 0 Å². The highest BCUT2D eigenvalue weighted by Gasteiger charge is 2.20. The number of hydrogen-bond acceptors (Lipinski definition) is 5. The van der Waals surface area contributed by atoms with Crippen molar-refractivity contribution in [1.82, 2.24) is 15.3 Å². The van der Waals surface area contributed by atoms with Gasteiger partial charge in [-0.05, 0) is 36.6 Å². The molecule has 1 aliphatic rings. The van der Waals surface area contributed by atoms with Crippen LogP contribution < -0.4 is 14.8 Å². The van der Waals surface area contributed by atoms with Crippen molar-refractivity contribution in [3.05, 3.63) is 48.0 Å². The molecular weight excluding hydrogens is 266 g/mol. The summed E-state index contributed by atoms with van der Waals surface area (Å²) in [4.78, 5) is 8.30. The van der Waals surface area contributed by atoms with E-state index in [4.69, 9.17) is 9.47 Å². The Labute approximate surface area is 124 Å². The highest BCUT2D eigenvalue weighted by molar-refractivity contribution is 5.43. The molecule has 0 amide bonds. The van der Waals surface area contributed by atoms with Crippen molar-refractivity contribution >= 4 is 0 Å². The van der Waals surface area contributed by atoms with Crippen molar-refractivity contribution in [3.63, 3.8) is 0 Å². The van der Waals surface area contributed by atoms with Gasteiger partial charge in [0.1, 0.15) is 6.61 Å². The third kappa shape index (κ3) is 3.92. The first-order valence-electron chi connectivity index (χ1n) is 7.14. The van der Waals surface area contributed by atoms with Gasteiger partial charge in [-0.2, -0.15) is 0 Å². The van der Waals surface area contributed by atoms with Gasteiger partial charge in [-0.25, -0.2) is 9.97 Å². The van der Waals surface area contributed by atoms with Crippen LogP contribution in [0.1, 0.15) is 24.2 Å². The van der Waals surface area contributed by atoms with Gasteiger partial charge in [0.2, 0.25) is 0 Å². The number of hydrogen-bond donors (Lipinski definition) is 1. The summed E-state index contributed by atoms with van der Waals surface area (Å²) < 4.78 is 11.1. The lowest BCUT2D eigenvalue weighted by atomic mass is 10.2. The first-order valence-corrected chi connectivity index (χ1v) is 7.14. The third-order valence-corrected chi connectivity index (χ3v) is 3.38. The second kappa shape index (κ2) is 6.54. The molecule has 0 aliphatic heterocycles. The summed E-state index contributed by atoms with van der Waals surface area (Å²) in [6, 6.07) is 8.48. The standard InChI is InChI=1S/C16H19N3O2/c1-20-14-6-3-12(10-19-13-4-5-13)9-15(14)21-11-16-17-7-2-8-18-16/h2-3,6-9,13,19H,4-5,10-11H2,1H3. The molecular formula is C16H19N3O2. The molecule has 5 nitrogen and oxygen atoms in total. The predicted octanol–water partition coefficient (Wildman–Crippen LogP) is 2.32. The molecule has 0 saturated heterocycles. The zero-order chi connectivity index (χ0) is 14.5. The van der Waals surface area contributed by atoms with Gasteiger partial charge in [0.25, 0.3) is 0 Å². The van der Waals surface area contributed by atoms with E-state index in [1.807, 2.05) is 12.1 Å². The molecule has 3 rings (SSSR count). The van der Waals surface area contributed by atoms with Crippen LogP contribution in [0.3, 0.4) is 0 Å². The zero-order valence-electron chi connectivity index (χ0n) is 12.1. The van der Waals surface area contributed by atoms with E-state index >= 15 is 0 Å². The fourth-order valence-electron chi connectivity index (χ4n) is 2.04. The van der Waals surface area contributed by atoms with E-state index in [1.54, 1.807) is 25.6 Å². The molecule has 0 spiro atoms. The number of rotatable bonds is 7. The van der Waals surface area contributed by atoms with Gasteiger partial charge in [-0.15, -0.1) is 0 Å². The van der Waals surface area contributed by atoms with Gasteiger partial charge in [0, 0.05) is 25.0 Å². The minimum Gasteiger partial charge on any atom is -0.493 e. The molecule has 1 N–H and O–H groups in total. The number of methoxy groups -OCH3 is 1. The minimum absolute atomic E-state index is 0.330. The molecule has 1 fully saturated rings. The predicted molar refractivity (Wildman–Crippen MR) is 79.2 cm³/mol. The van der Waals surface area contributed by atoms with Crippen molar-refractivity contribution in [2.75, 3.05) is 7.11 Å². The molecule has 1 aromatic carbocycles. The number of nitrogens with zero attached hydrogens (tertiary/aromatic N) is 2. The van der Waals surface area contributed by atoms with Crippen molar-refractivity contribution in [2.24, 2.45) is 0 Å². The van der Waals surface area contributed by atoms with E-state index in [9.17, 15) is 0 Å². The van der Waals surface area contributed by atoms with Crippen LogP contribution in [0, 0.1) is 0 Å². The summed E-state index contributed by atoms with van der Waals surface area (Å²) >= 11 is 0. The normalized spacial score (nSPS) is 14.0. The largest absolute Gasteiger partial charge is 0.493 e. The average Bonchev–Trinajstić information content (AvgIpc) is 3.36. The van der Waals surface area contributed by atoms with Gasteiger partial charge in [-0.1, -0.05) is 6.07 Å². The van der Waals surface area contributed by atoms with E-state index in [1.165, 1.54) is 18.4 Å². The molecule has 2 aromatic rings. The molecule has 0 atom stereocenters. The van der Waals surface area contributed by atoms with E-state index in [2.05, 4.69) is 21.4 Å². The second-order valence-electron chi connectivity index (χ2n) is 5.09. The molecule has 1 saturated carbocycles. The van der Waals surface area contributed by atoms with Crippen molar-refractivity contribution in [3.8, 4) is 11.5 Å². The van der Waals surface area contributed by atoms with Crippen molar-refractivity contribution in [1.29, 1.82) is 0 Å². The van der Waals surface area contributed by atoms with E-state index in [0.717, 1.165) is 18.0 Å². The zero-order valence-corrected chi connectivity index (χ0v) is 12.1. The van der Waals surface area contributed by atoms with Crippen LogP contribution in [-0.4, -0.2) is 23.1 Å². The van der Waals surface area contributed by atoms with Gasteiger partial charge in [-0.3, -0.25) is 0 Å². The smallest absolute Gasteiger partial charge is 0.166 e. The van der Waals surface area contributed by atoms with E-state index in [0.29, 0.717) is 18.5 Å². The van der Waals surface area contributed by atoms with Crippen LogP contribution in [0.15, 0.2) is 36.7 Å². The summed E-state index contributed by atoms with van der Waals surface area (Å²) in [5, 5.41) is 3.49. The summed E-state index contributed by atoms with van der Waals surface area (Å²) in [5.74, 6) is 2.10. The topological polar surface area (TPSA) is 56.3 Å². The Morgan fingerprint density at radius 1 is 1.19 bits per heavy atom. The summed E-state index contributed by atoms with van der Waals surface area (Å²) in [5.41, 5.74) is 1.19. The fourth-order valence-corrected chi connectivity index (χ4v) is 2.04. The molecule has 0 radical (unpaired) electrons. The Morgan fingerprint density at radius 3 is 2.71 bits per heavy atom. The maximum absolute atomic E-state index is 5.80. The van der Waals surface area contributed by atoms with Crippen LogP contribution in [-0.2, 0) is 13.2 Å². The molecule has 21 heavy (non-hydrogen) atoms. The monoisotopic (exact) mass is 285 g/mol. The Morgan fingerprint density at radius 2 is 2.00 bits per heavy atom. The van der Waals surface area contributed by atoms with E-state index < -0.39 is 0 Å². The van der Waals surface area contributed by atoms with Crippen molar-refractivity contribution in [2.45, 2.75) is 32.0 Å². The number of ether oxygens (including phenoxy) is 2. The van der Waals surface area contributed by atoms with Crippen LogP contribution in [0.2, 0.25) is 0 Å². The van der Waals surface area contributed by atoms with Crippen LogP contribution in [0.4, 0.5) is 0 Å². The quantitative estimate of drug-likeness (QED) is 0.846. The van der Waals surface area contributed by atoms with Crippen LogP contribution >= 0.6 is 0 Å². The highest BCUT2D eigenvalue weighted by atomic mass is 16.5. The lowest BCUT2D eigenvalue weighted by Crippen LogP contribution is -2.15. The van der Waals surface area contributed by atoms with Gasteiger partial charge >= 0.3 is 0 Å². The molecule has 110 valence electrons. The maximum atomic E-state index is 5.80. The lowest BCUT2D eigenvalue weighted by molar-refractivity contribution is 0.276. The van der Waals surface area contributed by atoms with Gasteiger partial charge in [0.05, 0.1) is 7.11 Å². The Balaban J connectivity index is 1.67. The maximum Gasteiger partial charge on any atom is 0.166 e. The van der Waals surface area contributed by atoms with Gasteiger partial charge < -0.3 is 14.8 Å². The summed E-state index contributed by atoms with van der Waals surface area (Å²) in [7, 11) is 1.64. The first-order chi connectivity index (χ1) is 10.3. The average molecular weight is 285 g/mol. The summed E-state index contributed by atoms with van der Waals surface area (Å²) in [6.45, 7) is 1.18. The third-order valence-electron chi connectivity index (χ3n) is 3.38. The molecule has 1 aliphatic carbocycles. The van der Waals surface area contributed by atoms with Crippen LogP contribution in [0.25, 0.3) is 0 Å². The molecule has 0 unspecified atom stereocenters. The number of aromatic nitrogens is 2. The van der Waals surface area contributed by atoms with Crippen LogP contribution in [0.5, 0.6) is 11.5 Å². The minimum atomic E-state index is 0.330. The number of benzene rings is 1. The molecule has 1 heterocycles. The van der Waals surface area contributed by atoms with Gasteiger partial charge in [0.15, 0.2) is 17.3 Å². The summed E-state index contributed by atoms with van der Waals surface area (Å²) in [6.07, 6.45) is 5.98. The lowest BCUT2D eigenvalue weighted by Gasteiger charge is -2.12. The second-order valence-corrected chi connectivity index (χ2v) is 5.09. The molecule has 5 heteroatoms. The highest BCUT2D eigenvalue weighted by Crippen LogP contribution is 2.29. The Kier molecular flexibility index (Phi) is 4.31. The Bertz CT molecular complexity index is 585. The SMILES string of the molecule is COc1ccc(CNC2CC2)cc1OCc1ncccn1.